The SMILES string of the molecule is CC(=O)NCCSC1=C(C(=O)O)N2C(=O)C(C(C)(C)O)[C@@H]2S1. The number of amides is 2. The minimum atomic E-state index is -1.19. The molecule has 0 radical (unpaired) electrons. The van der Waals surface area contributed by atoms with E-state index in [-0.39, 0.29) is 22.9 Å². The molecule has 9 heteroatoms. The normalized spacial score (nSPS) is 24.2. The topological polar surface area (TPSA) is 107 Å². The largest absolute Gasteiger partial charge is 0.477 e. The van der Waals surface area contributed by atoms with E-state index in [9.17, 15) is 24.6 Å². The van der Waals surface area contributed by atoms with Crippen molar-refractivity contribution in [1.82, 2.24) is 10.2 Å². The predicted molar refractivity (Wildman–Crippen MR) is 83.8 cm³/mol. The van der Waals surface area contributed by atoms with Gasteiger partial charge in [-0.05, 0) is 13.8 Å². The number of carbonyl (C=O) groups excluding carboxylic acids is 2. The maximum Gasteiger partial charge on any atom is 0.354 e. The molecule has 2 aliphatic rings. The molecule has 0 aromatic rings. The zero-order valence-corrected chi connectivity index (χ0v) is 14.1. The van der Waals surface area contributed by atoms with Crippen LogP contribution in [-0.4, -0.2) is 56.2 Å². The second-order valence-electron chi connectivity index (χ2n) is 5.62. The summed E-state index contributed by atoms with van der Waals surface area (Å²) in [4.78, 5) is 35.6. The monoisotopic (exact) mass is 346 g/mol. The number of rotatable bonds is 6. The molecule has 0 aromatic heterocycles. The summed E-state index contributed by atoms with van der Waals surface area (Å²) in [6.07, 6.45) is 0. The highest BCUT2D eigenvalue weighted by Gasteiger charge is 2.60. The zero-order chi connectivity index (χ0) is 16.7. The summed E-state index contributed by atoms with van der Waals surface area (Å²) in [7, 11) is 0. The Hall–Kier alpha value is -1.19. The average molecular weight is 346 g/mol. The van der Waals surface area contributed by atoms with Crippen LogP contribution in [0.25, 0.3) is 0 Å². The second kappa shape index (κ2) is 6.13. The van der Waals surface area contributed by atoms with E-state index in [4.69, 9.17) is 0 Å². The summed E-state index contributed by atoms with van der Waals surface area (Å²) < 4.78 is 0.544. The Morgan fingerprint density at radius 1 is 1.45 bits per heavy atom. The van der Waals surface area contributed by atoms with Gasteiger partial charge in [-0.15, -0.1) is 11.8 Å². The summed E-state index contributed by atoms with van der Waals surface area (Å²) in [5.74, 6) is -1.76. The predicted octanol–water partition coefficient (Wildman–Crippen LogP) is 0.412. The third kappa shape index (κ3) is 3.11. The molecule has 0 aromatic carbocycles. The molecule has 3 N–H and O–H groups in total. The highest BCUT2D eigenvalue weighted by Crippen LogP contribution is 2.55. The summed E-state index contributed by atoms with van der Waals surface area (Å²) >= 11 is 2.58. The van der Waals surface area contributed by atoms with Crippen molar-refractivity contribution in [2.24, 2.45) is 5.92 Å². The minimum absolute atomic E-state index is 0.0201. The van der Waals surface area contributed by atoms with Crippen LogP contribution in [0.3, 0.4) is 0 Å². The number of nitrogens with zero attached hydrogens (tertiary/aromatic N) is 1. The number of hydrogen-bond donors (Lipinski definition) is 3. The molecule has 7 nitrogen and oxygen atoms in total. The number of carbonyl (C=O) groups is 3. The summed E-state index contributed by atoms with van der Waals surface area (Å²) in [6, 6.07) is 0. The van der Waals surface area contributed by atoms with Gasteiger partial charge in [-0.2, -0.15) is 0 Å². The minimum Gasteiger partial charge on any atom is -0.477 e. The van der Waals surface area contributed by atoms with Crippen molar-refractivity contribution in [3.05, 3.63) is 9.93 Å². The van der Waals surface area contributed by atoms with Gasteiger partial charge in [0.05, 0.1) is 15.8 Å². The van der Waals surface area contributed by atoms with Gasteiger partial charge in [-0.3, -0.25) is 14.5 Å². The molecule has 2 amide bonds. The van der Waals surface area contributed by atoms with E-state index in [2.05, 4.69) is 5.32 Å². The Bertz CT molecular complexity index is 555. The fourth-order valence-corrected chi connectivity index (χ4v) is 5.35. The van der Waals surface area contributed by atoms with Crippen LogP contribution in [0.15, 0.2) is 9.93 Å². The quantitative estimate of drug-likeness (QED) is 0.472. The summed E-state index contributed by atoms with van der Waals surface area (Å²) in [6.45, 7) is 4.94. The standard InChI is InChI=1S/C13H18N2O5S2/c1-6(16)14-4-5-21-12-8(11(18)19)15-9(17)7(10(15)22-12)13(2,3)20/h7,10,20H,4-5H2,1-3H3,(H,14,16)(H,18,19)/t7?,10-/m0/s1. The molecule has 0 spiro atoms. The molecule has 1 saturated heterocycles. The molecule has 0 bridgehead atoms. The number of aliphatic hydroxyl groups is 1. The van der Waals surface area contributed by atoms with Crippen LogP contribution in [0.5, 0.6) is 0 Å². The van der Waals surface area contributed by atoms with Crippen molar-refractivity contribution in [3.8, 4) is 0 Å². The number of carboxylic acid groups (broad SMARTS) is 1. The van der Waals surface area contributed by atoms with Gasteiger partial charge in [-0.1, -0.05) is 11.8 Å². The smallest absolute Gasteiger partial charge is 0.354 e. The van der Waals surface area contributed by atoms with Crippen molar-refractivity contribution >= 4 is 41.3 Å². The number of thioether (sulfide) groups is 2. The number of β-lactam (4-membered cyclic amide) rings is 1. The van der Waals surface area contributed by atoms with Gasteiger partial charge in [-0.25, -0.2) is 4.79 Å². The van der Waals surface area contributed by atoms with E-state index < -0.39 is 17.5 Å². The zero-order valence-electron chi connectivity index (χ0n) is 12.5. The van der Waals surface area contributed by atoms with Crippen LogP contribution in [0.4, 0.5) is 0 Å². The lowest BCUT2D eigenvalue weighted by molar-refractivity contribution is -0.163. The van der Waals surface area contributed by atoms with Crippen LogP contribution in [0, 0.1) is 5.92 Å². The van der Waals surface area contributed by atoms with Crippen LogP contribution < -0.4 is 5.32 Å². The molecule has 0 aliphatic carbocycles. The Balaban J connectivity index is 2.08. The number of hydrogen-bond acceptors (Lipinski definition) is 6. The third-order valence-corrected chi connectivity index (χ3v) is 6.02. The maximum absolute atomic E-state index is 12.2. The van der Waals surface area contributed by atoms with E-state index in [0.29, 0.717) is 16.5 Å². The first-order chi connectivity index (χ1) is 10.1. The number of fused-ring (bicyclic) bond motifs is 1. The van der Waals surface area contributed by atoms with Crippen molar-refractivity contribution in [2.75, 3.05) is 12.3 Å². The lowest BCUT2D eigenvalue weighted by Crippen LogP contribution is -2.64. The summed E-state index contributed by atoms with van der Waals surface area (Å²) in [5.41, 5.74) is -1.21. The van der Waals surface area contributed by atoms with Gasteiger partial charge < -0.3 is 15.5 Å². The van der Waals surface area contributed by atoms with E-state index in [1.807, 2.05) is 0 Å². The second-order valence-corrected chi connectivity index (χ2v) is 8.11. The lowest BCUT2D eigenvalue weighted by atomic mass is 9.83. The van der Waals surface area contributed by atoms with Gasteiger partial charge >= 0.3 is 5.97 Å². The highest BCUT2D eigenvalue weighted by molar-refractivity contribution is 8.22. The molecule has 0 saturated carbocycles. The first kappa shape index (κ1) is 17.2. The van der Waals surface area contributed by atoms with Crippen LogP contribution in [0.1, 0.15) is 20.8 Å². The van der Waals surface area contributed by atoms with Gasteiger partial charge in [0, 0.05) is 19.2 Å². The van der Waals surface area contributed by atoms with Crippen molar-refractivity contribution in [2.45, 2.75) is 31.7 Å². The number of nitrogens with one attached hydrogen (secondary N) is 1. The average Bonchev–Trinajstić information content (AvgIpc) is 2.67. The first-order valence-corrected chi connectivity index (χ1v) is 8.58. The number of carboxylic acids is 1. The fourth-order valence-electron chi connectivity index (χ4n) is 2.40. The number of aliphatic carboxylic acids is 1. The van der Waals surface area contributed by atoms with E-state index in [1.165, 1.54) is 35.3 Å². The van der Waals surface area contributed by atoms with E-state index >= 15 is 0 Å². The van der Waals surface area contributed by atoms with Gasteiger partial charge in [0.25, 0.3) is 0 Å². The van der Waals surface area contributed by atoms with Crippen LogP contribution >= 0.6 is 23.5 Å². The molecule has 22 heavy (non-hydrogen) atoms. The fraction of sp³-hybridized carbons (Fsp3) is 0.615. The molecule has 122 valence electrons. The van der Waals surface area contributed by atoms with Crippen LogP contribution in [-0.2, 0) is 14.4 Å². The Morgan fingerprint density at radius 2 is 2.09 bits per heavy atom. The van der Waals surface area contributed by atoms with Gasteiger partial charge in [0.2, 0.25) is 11.8 Å². The molecule has 1 unspecified atom stereocenters. The van der Waals surface area contributed by atoms with Crippen molar-refractivity contribution < 1.29 is 24.6 Å². The Morgan fingerprint density at radius 3 is 2.59 bits per heavy atom. The molecular weight excluding hydrogens is 328 g/mol. The van der Waals surface area contributed by atoms with Crippen molar-refractivity contribution in [3.63, 3.8) is 0 Å². The third-order valence-electron chi connectivity index (χ3n) is 3.38. The Kier molecular flexibility index (Phi) is 4.78. The van der Waals surface area contributed by atoms with Gasteiger partial charge in [0.15, 0.2) is 5.70 Å². The molecule has 2 aliphatic heterocycles. The molecule has 2 heterocycles. The molecule has 1 fully saturated rings. The first-order valence-electron chi connectivity index (χ1n) is 6.71. The van der Waals surface area contributed by atoms with Gasteiger partial charge in [0.1, 0.15) is 5.37 Å². The molecule has 2 atom stereocenters. The Labute approximate surface area is 136 Å². The highest BCUT2D eigenvalue weighted by atomic mass is 32.2. The van der Waals surface area contributed by atoms with E-state index in [1.54, 1.807) is 13.8 Å². The van der Waals surface area contributed by atoms with E-state index in [0.717, 1.165) is 0 Å². The maximum atomic E-state index is 12.2. The molecular formula is C13H18N2O5S2. The molecule has 2 rings (SSSR count). The van der Waals surface area contributed by atoms with Crippen molar-refractivity contribution in [1.29, 1.82) is 0 Å². The lowest BCUT2D eigenvalue weighted by Gasteiger charge is -2.47. The van der Waals surface area contributed by atoms with Crippen LogP contribution in [0.2, 0.25) is 0 Å². The summed E-state index contributed by atoms with van der Waals surface area (Å²) in [5, 5.41) is 21.7.